The fourth-order valence-electron chi connectivity index (χ4n) is 2.47. The average molecular weight is 230 g/mol. The molecule has 2 heteroatoms. The van der Waals surface area contributed by atoms with Gasteiger partial charge in [0.25, 0.3) is 0 Å². The van der Waals surface area contributed by atoms with Crippen molar-refractivity contribution in [2.75, 3.05) is 0 Å². The van der Waals surface area contributed by atoms with Gasteiger partial charge in [0.05, 0.1) is 5.41 Å². The number of carbonyl (C=O) groups is 1. The third-order valence-corrected chi connectivity index (χ3v) is 3.82. The Morgan fingerprint density at radius 3 is 2.71 bits per heavy atom. The normalized spacial score (nSPS) is 27.2. The molecule has 1 aromatic carbocycles. The Hall–Kier alpha value is -1.57. The molecule has 0 spiro atoms. The molecule has 0 saturated heterocycles. The van der Waals surface area contributed by atoms with E-state index in [0.29, 0.717) is 5.92 Å². The zero-order chi connectivity index (χ0) is 12.3. The lowest BCUT2D eigenvalue weighted by Crippen LogP contribution is -2.16. The van der Waals surface area contributed by atoms with Crippen molar-refractivity contribution in [2.24, 2.45) is 11.3 Å². The maximum absolute atomic E-state index is 11.1. The standard InChI is InChI=1S/C15H18O2/c1-2-15(14(16)17)11-13(15)10-6-9-12-7-4-3-5-8-12/h3-9,13H,2,10-11H2,1H3,(H,16,17). The summed E-state index contributed by atoms with van der Waals surface area (Å²) >= 11 is 0. The Kier molecular flexibility index (Phi) is 3.32. The monoisotopic (exact) mass is 230 g/mol. The van der Waals surface area contributed by atoms with E-state index in [1.165, 1.54) is 5.56 Å². The molecule has 17 heavy (non-hydrogen) atoms. The number of hydrogen-bond acceptors (Lipinski definition) is 1. The molecule has 1 aliphatic carbocycles. The van der Waals surface area contributed by atoms with E-state index >= 15 is 0 Å². The fourth-order valence-corrected chi connectivity index (χ4v) is 2.47. The Bertz CT molecular complexity index is 422. The van der Waals surface area contributed by atoms with Crippen molar-refractivity contribution in [1.29, 1.82) is 0 Å². The summed E-state index contributed by atoms with van der Waals surface area (Å²) in [5.41, 5.74) is 0.742. The van der Waals surface area contributed by atoms with Gasteiger partial charge < -0.3 is 5.11 Å². The highest BCUT2D eigenvalue weighted by Gasteiger charge is 2.57. The zero-order valence-corrected chi connectivity index (χ0v) is 10.1. The Morgan fingerprint density at radius 2 is 2.18 bits per heavy atom. The van der Waals surface area contributed by atoms with Gasteiger partial charge >= 0.3 is 5.97 Å². The topological polar surface area (TPSA) is 37.3 Å². The summed E-state index contributed by atoms with van der Waals surface area (Å²) < 4.78 is 0. The maximum atomic E-state index is 11.1. The first-order chi connectivity index (χ1) is 8.19. The van der Waals surface area contributed by atoms with Gasteiger partial charge in [0.1, 0.15) is 0 Å². The molecule has 0 bridgehead atoms. The van der Waals surface area contributed by atoms with E-state index in [1.807, 2.05) is 37.3 Å². The number of benzene rings is 1. The number of allylic oxidation sites excluding steroid dienone is 1. The molecule has 0 aromatic heterocycles. The minimum Gasteiger partial charge on any atom is -0.481 e. The summed E-state index contributed by atoms with van der Waals surface area (Å²) in [4.78, 5) is 11.1. The van der Waals surface area contributed by atoms with Crippen LogP contribution in [0.15, 0.2) is 36.4 Å². The second-order valence-corrected chi connectivity index (χ2v) is 4.76. The molecular formula is C15H18O2. The van der Waals surface area contributed by atoms with Gasteiger partial charge in [-0.2, -0.15) is 0 Å². The van der Waals surface area contributed by atoms with Crippen LogP contribution in [0.3, 0.4) is 0 Å². The SMILES string of the molecule is CCC1(C(=O)O)CC1CC=Cc1ccccc1. The molecule has 1 fully saturated rings. The summed E-state index contributed by atoms with van der Waals surface area (Å²) in [6.07, 6.45) is 6.61. The summed E-state index contributed by atoms with van der Waals surface area (Å²) in [7, 11) is 0. The number of hydrogen-bond donors (Lipinski definition) is 1. The van der Waals surface area contributed by atoms with Gasteiger partial charge in [-0.3, -0.25) is 4.79 Å². The Labute approximate surface area is 102 Å². The van der Waals surface area contributed by atoms with Crippen LogP contribution in [0.4, 0.5) is 0 Å². The molecule has 0 heterocycles. The van der Waals surface area contributed by atoms with E-state index in [4.69, 9.17) is 5.11 Å². The predicted molar refractivity (Wildman–Crippen MR) is 68.6 cm³/mol. The quantitative estimate of drug-likeness (QED) is 0.839. The fraction of sp³-hybridized carbons (Fsp3) is 0.400. The van der Waals surface area contributed by atoms with Crippen LogP contribution in [-0.4, -0.2) is 11.1 Å². The van der Waals surface area contributed by atoms with Gasteiger partial charge in [-0.05, 0) is 30.7 Å². The van der Waals surface area contributed by atoms with E-state index in [0.717, 1.165) is 19.3 Å². The summed E-state index contributed by atoms with van der Waals surface area (Å²) in [5.74, 6) is -0.303. The molecule has 2 nitrogen and oxygen atoms in total. The molecule has 1 N–H and O–H groups in total. The minimum absolute atomic E-state index is 0.324. The Balaban J connectivity index is 1.89. The molecule has 1 saturated carbocycles. The highest BCUT2D eigenvalue weighted by atomic mass is 16.4. The smallest absolute Gasteiger partial charge is 0.309 e. The van der Waals surface area contributed by atoms with Crippen LogP contribution in [-0.2, 0) is 4.79 Å². The Morgan fingerprint density at radius 1 is 1.47 bits per heavy atom. The lowest BCUT2D eigenvalue weighted by atomic mass is 9.99. The van der Waals surface area contributed by atoms with Crippen molar-refractivity contribution in [3.8, 4) is 0 Å². The summed E-state index contributed by atoms with van der Waals surface area (Å²) in [5, 5.41) is 9.17. The van der Waals surface area contributed by atoms with Crippen LogP contribution in [0.5, 0.6) is 0 Å². The molecule has 0 aliphatic heterocycles. The molecule has 1 aliphatic rings. The molecule has 2 atom stereocenters. The average Bonchev–Trinajstić information content (AvgIpc) is 3.06. The molecule has 0 amide bonds. The van der Waals surface area contributed by atoms with Gasteiger partial charge in [0.2, 0.25) is 0 Å². The molecule has 90 valence electrons. The predicted octanol–water partition coefficient (Wildman–Crippen LogP) is 3.59. The van der Waals surface area contributed by atoms with Gasteiger partial charge in [-0.25, -0.2) is 0 Å². The number of rotatable bonds is 5. The zero-order valence-electron chi connectivity index (χ0n) is 10.1. The number of aliphatic carboxylic acids is 1. The van der Waals surface area contributed by atoms with Crippen molar-refractivity contribution >= 4 is 12.0 Å². The van der Waals surface area contributed by atoms with Crippen molar-refractivity contribution < 1.29 is 9.90 Å². The number of carboxylic acid groups (broad SMARTS) is 1. The van der Waals surface area contributed by atoms with Crippen LogP contribution < -0.4 is 0 Å². The van der Waals surface area contributed by atoms with Crippen LogP contribution in [0.2, 0.25) is 0 Å². The van der Waals surface area contributed by atoms with Crippen molar-refractivity contribution in [1.82, 2.24) is 0 Å². The third kappa shape index (κ3) is 2.41. The molecular weight excluding hydrogens is 212 g/mol. The maximum Gasteiger partial charge on any atom is 0.309 e. The molecule has 0 radical (unpaired) electrons. The van der Waals surface area contributed by atoms with E-state index in [2.05, 4.69) is 12.2 Å². The van der Waals surface area contributed by atoms with E-state index < -0.39 is 11.4 Å². The summed E-state index contributed by atoms with van der Waals surface area (Å²) in [6, 6.07) is 10.1. The largest absolute Gasteiger partial charge is 0.481 e. The third-order valence-electron chi connectivity index (χ3n) is 3.82. The van der Waals surface area contributed by atoms with Crippen LogP contribution in [0.25, 0.3) is 6.08 Å². The highest BCUT2D eigenvalue weighted by Crippen LogP contribution is 2.57. The summed E-state index contributed by atoms with van der Waals surface area (Å²) in [6.45, 7) is 1.97. The van der Waals surface area contributed by atoms with Crippen molar-refractivity contribution in [2.45, 2.75) is 26.2 Å². The van der Waals surface area contributed by atoms with Crippen molar-refractivity contribution in [3.05, 3.63) is 42.0 Å². The minimum atomic E-state index is -0.627. The second-order valence-electron chi connectivity index (χ2n) is 4.76. The van der Waals surface area contributed by atoms with Crippen molar-refractivity contribution in [3.63, 3.8) is 0 Å². The first-order valence-corrected chi connectivity index (χ1v) is 6.14. The number of carboxylic acids is 1. The molecule has 2 unspecified atom stereocenters. The lowest BCUT2D eigenvalue weighted by molar-refractivity contribution is -0.144. The van der Waals surface area contributed by atoms with Crippen LogP contribution in [0, 0.1) is 11.3 Å². The van der Waals surface area contributed by atoms with E-state index in [1.54, 1.807) is 0 Å². The van der Waals surface area contributed by atoms with Gasteiger partial charge in [-0.15, -0.1) is 0 Å². The molecule has 2 rings (SSSR count). The van der Waals surface area contributed by atoms with E-state index in [-0.39, 0.29) is 0 Å². The highest BCUT2D eigenvalue weighted by molar-refractivity contribution is 5.78. The second kappa shape index (κ2) is 4.74. The first-order valence-electron chi connectivity index (χ1n) is 6.14. The van der Waals surface area contributed by atoms with Crippen LogP contribution >= 0.6 is 0 Å². The first kappa shape index (κ1) is 11.9. The molecule has 1 aromatic rings. The van der Waals surface area contributed by atoms with Crippen LogP contribution in [0.1, 0.15) is 31.7 Å². The van der Waals surface area contributed by atoms with Gasteiger partial charge in [-0.1, -0.05) is 49.4 Å². The van der Waals surface area contributed by atoms with Gasteiger partial charge in [0.15, 0.2) is 0 Å². The van der Waals surface area contributed by atoms with Gasteiger partial charge in [0, 0.05) is 0 Å². The lowest BCUT2D eigenvalue weighted by Gasteiger charge is -2.06. The van der Waals surface area contributed by atoms with E-state index in [9.17, 15) is 4.79 Å².